The number of morpholine rings is 1. The van der Waals surface area contributed by atoms with E-state index in [0.29, 0.717) is 41.0 Å². The average Bonchev–Trinajstić information content (AvgIpc) is 3.58. The molecule has 0 spiro atoms. The van der Waals surface area contributed by atoms with Crippen molar-refractivity contribution >= 4 is 61.6 Å². The third kappa shape index (κ3) is 4.91. The molecule has 0 atom stereocenters. The number of hydrogen-bond acceptors (Lipinski definition) is 11. The second kappa shape index (κ2) is 10.1. The predicted octanol–water partition coefficient (Wildman–Crippen LogP) is 4.06. The van der Waals surface area contributed by atoms with E-state index in [0.717, 1.165) is 48.9 Å². The highest BCUT2D eigenvalue weighted by Crippen LogP contribution is 2.36. The van der Waals surface area contributed by atoms with Crippen LogP contribution in [0, 0.1) is 0 Å². The summed E-state index contributed by atoms with van der Waals surface area (Å²) in [6.07, 6.45) is 6.05. The number of amides is 1. The molecule has 2 aliphatic rings. The summed E-state index contributed by atoms with van der Waals surface area (Å²) in [6, 6.07) is 3.51. The molecular formula is C24H25ClN8O3S. The SMILES string of the molecule is Nc1cc(-c2nc(C(=O)Nc3cc4sc(N5CCOCC5)nc4nc3N3CCCCC3)co2)c(Cl)cn1. The lowest BCUT2D eigenvalue weighted by Crippen LogP contribution is -2.36. The molecule has 0 aliphatic carbocycles. The molecule has 37 heavy (non-hydrogen) atoms. The number of hydrogen-bond donors (Lipinski definition) is 2. The van der Waals surface area contributed by atoms with Gasteiger partial charge in [-0.2, -0.15) is 4.98 Å². The van der Waals surface area contributed by atoms with Gasteiger partial charge in [-0.05, 0) is 31.4 Å². The Morgan fingerprint density at radius 1 is 1.05 bits per heavy atom. The Morgan fingerprint density at radius 2 is 1.86 bits per heavy atom. The molecule has 11 nitrogen and oxygen atoms in total. The van der Waals surface area contributed by atoms with E-state index in [1.54, 1.807) is 17.4 Å². The summed E-state index contributed by atoms with van der Waals surface area (Å²) in [5.41, 5.74) is 7.65. The number of nitrogens with one attached hydrogen (secondary N) is 1. The van der Waals surface area contributed by atoms with Gasteiger partial charge in [0.05, 0.1) is 34.2 Å². The van der Waals surface area contributed by atoms with Gasteiger partial charge in [-0.1, -0.05) is 22.9 Å². The first-order valence-electron chi connectivity index (χ1n) is 12.1. The summed E-state index contributed by atoms with van der Waals surface area (Å²) in [4.78, 5) is 35.7. The molecular weight excluding hydrogens is 516 g/mol. The lowest BCUT2D eigenvalue weighted by molar-refractivity contribution is 0.102. The molecule has 0 bridgehead atoms. The molecule has 0 saturated carbocycles. The van der Waals surface area contributed by atoms with Gasteiger partial charge in [-0.3, -0.25) is 4.79 Å². The van der Waals surface area contributed by atoms with Crippen molar-refractivity contribution in [1.82, 2.24) is 19.9 Å². The average molecular weight is 541 g/mol. The number of anilines is 4. The number of aromatic nitrogens is 4. The highest BCUT2D eigenvalue weighted by molar-refractivity contribution is 7.22. The molecule has 1 amide bonds. The molecule has 0 aromatic carbocycles. The number of carbonyl (C=O) groups is 1. The van der Waals surface area contributed by atoms with Crippen molar-refractivity contribution in [3.63, 3.8) is 0 Å². The molecule has 3 N–H and O–H groups in total. The minimum Gasteiger partial charge on any atom is -0.444 e. The Kier molecular flexibility index (Phi) is 6.53. The molecule has 192 valence electrons. The molecule has 13 heteroatoms. The van der Waals surface area contributed by atoms with E-state index in [4.69, 9.17) is 36.5 Å². The molecule has 0 unspecified atom stereocenters. The van der Waals surface area contributed by atoms with Gasteiger partial charge >= 0.3 is 0 Å². The molecule has 4 aromatic rings. The Morgan fingerprint density at radius 3 is 2.68 bits per heavy atom. The first-order valence-corrected chi connectivity index (χ1v) is 13.3. The Balaban J connectivity index is 1.32. The third-order valence-corrected chi connectivity index (χ3v) is 7.73. The quantitative estimate of drug-likeness (QED) is 0.381. The smallest absolute Gasteiger partial charge is 0.277 e. The zero-order chi connectivity index (χ0) is 25.4. The van der Waals surface area contributed by atoms with Gasteiger partial charge in [-0.15, -0.1) is 0 Å². The zero-order valence-electron chi connectivity index (χ0n) is 19.9. The van der Waals surface area contributed by atoms with Gasteiger partial charge in [-0.25, -0.2) is 15.0 Å². The number of thiazole rings is 1. The predicted molar refractivity (Wildman–Crippen MR) is 144 cm³/mol. The minimum atomic E-state index is -0.412. The van der Waals surface area contributed by atoms with Crippen LogP contribution in [-0.2, 0) is 4.74 Å². The maximum absolute atomic E-state index is 13.2. The number of carbonyl (C=O) groups excluding carboxylic acids is 1. The number of piperidine rings is 1. The number of nitrogens with zero attached hydrogens (tertiary/aromatic N) is 6. The second-order valence-electron chi connectivity index (χ2n) is 8.91. The van der Waals surface area contributed by atoms with Gasteiger partial charge in [0.15, 0.2) is 22.3 Å². The van der Waals surface area contributed by atoms with Crippen LogP contribution < -0.4 is 20.9 Å². The number of nitrogen functional groups attached to an aromatic ring is 1. The fourth-order valence-electron chi connectivity index (χ4n) is 4.48. The van der Waals surface area contributed by atoms with E-state index in [2.05, 4.69) is 25.1 Å². The first-order chi connectivity index (χ1) is 18.0. The van der Waals surface area contributed by atoms with Crippen LogP contribution in [0.1, 0.15) is 29.8 Å². The summed E-state index contributed by atoms with van der Waals surface area (Å²) in [5.74, 6) is 0.764. The van der Waals surface area contributed by atoms with E-state index >= 15 is 0 Å². The standard InChI is InChI=1S/C24H25ClN8O3S/c25-15-12-27-19(26)10-14(15)23-29-17(13-36-23)22(34)28-16-11-18-20(30-21(16)32-4-2-1-3-5-32)31-24(37-18)33-6-8-35-9-7-33/h10-13H,1-9H2,(H2,26,27)(H,28,34). The topological polar surface area (TPSA) is 136 Å². The van der Waals surface area contributed by atoms with Crippen LogP contribution in [0.3, 0.4) is 0 Å². The fourth-order valence-corrected chi connectivity index (χ4v) is 5.66. The fraction of sp³-hybridized carbons (Fsp3) is 0.375. The number of halogens is 1. The van der Waals surface area contributed by atoms with Crippen LogP contribution in [0.4, 0.5) is 22.5 Å². The van der Waals surface area contributed by atoms with E-state index in [9.17, 15) is 4.79 Å². The van der Waals surface area contributed by atoms with Gasteiger partial charge in [0.1, 0.15) is 12.1 Å². The molecule has 2 saturated heterocycles. The largest absolute Gasteiger partial charge is 0.444 e. The normalized spacial score (nSPS) is 16.4. The maximum Gasteiger partial charge on any atom is 0.277 e. The van der Waals surface area contributed by atoms with Crippen LogP contribution in [0.5, 0.6) is 0 Å². The van der Waals surface area contributed by atoms with Crippen LogP contribution >= 0.6 is 22.9 Å². The van der Waals surface area contributed by atoms with Crippen molar-refractivity contribution in [1.29, 1.82) is 0 Å². The lowest BCUT2D eigenvalue weighted by Gasteiger charge is -2.29. The number of fused-ring (bicyclic) bond motifs is 1. The summed E-state index contributed by atoms with van der Waals surface area (Å²) < 4.78 is 11.9. The summed E-state index contributed by atoms with van der Waals surface area (Å²) in [5, 5.41) is 4.24. The molecule has 2 fully saturated rings. The van der Waals surface area contributed by atoms with Gasteiger partial charge in [0, 0.05) is 32.4 Å². The zero-order valence-corrected chi connectivity index (χ0v) is 21.5. The summed E-state index contributed by atoms with van der Waals surface area (Å²) in [7, 11) is 0. The van der Waals surface area contributed by atoms with E-state index in [-0.39, 0.29) is 17.4 Å². The van der Waals surface area contributed by atoms with Gasteiger partial charge in [0.2, 0.25) is 5.89 Å². The molecule has 6 heterocycles. The van der Waals surface area contributed by atoms with E-state index < -0.39 is 5.91 Å². The third-order valence-electron chi connectivity index (χ3n) is 6.38. The van der Waals surface area contributed by atoms with Gasteiger partial charge < -0.3 is 30.0 Å². The second-order valence-corrected chi connectivity index (χ2v) is 10.3. The molecule has 4 aromatic heterocycles. The van der Waals surface area contributed by atoms with Crippen molar-refractivity contribution in [3.05, 3.63) is 35.3 Å². The highest BCUT2D eigenvalue weighted by atomic mass is 35.5. The van der Waals surface area contributed by atoms with Crippen molar-refractivity contribution in [3.8, 4) is 11.5 Å². The number of nitrogens with two attached hydrogens (primary N) is 1. The number of ether oxygens (including phenoxy) is 1. The van der Waals surface area contributed by atoms with Gasteiger partial charge in [0.25, 0.3) is 5.91 Å². The van der Waals surface area contributed by atoms with E-state index in [1.165, 1.54) is 18.9 Å². The van der Waals surface area contributed by atoms with Crippen LogP contribution in [0.25, 0.3) is 21.8 Å². The first kappa shape index (κ1) is 23.9. The van der Waals surface area contributed by atoms with Crippen LogP contribution in [-0.4, -0.2) is 65.2 Å². The Bertz CT molecular complexity index is 1450. The number of oxazole rings is 1. The van der Waals surface area contributed by atoms with Crippen LogP contribution in [0.15, 0.2) is 29.0 Å². The summed E-state index contributed by atoms with van der Waals surface area (Å²) in [6.45, 7) is 4.70. The van der Waals surface area contributed by atoms with Crippen LogP contribution in [0.2, 0.25) is 5.02 Å². The summed E-state index contributed by atoms with van der Waals surface area (Å²) >= 11 is 7.78. The van der Waals surface area contributed by atoms with Crippen molar-refractivity contribution in [2.45, 2.75) is 19.3 Å². The molecule has 6 rings (SSSR count). The Hall–Kier alpha value is -3.48. The lowest BCUT2D eigenvalue weighted by atomic mass is 10.1. The Labute approximate surface area is 221 Å². The molecule has 2 aliphatic heterocycles. The maximum atomic E-state index is 13.2. The minimum absolute atomic E-state index is 0.115. The molecule has 0 radical (unpaired) electrons. The van der Waals surface area contributed by atoms with Crippen molar-refractivity contribution in [2.75, 3.05) is 60.2 Å². The number of pyridine rings is 2. The number of rotatable bonds is 5. The highest BCUT2D eigenvalue weighted by Gasteiger charge is 2.23. The van der Waals surface area contributed by atoms with E-state index in [1.807, 2.05) is 6.07 Å². The van der Waals surface area contributed by atoms with Crippen molar-refractivity contribution in [2.24, 2.45) is 0 Å². The van der Waals surface area contributed by atoms with Crippen molar-refractivity contribution < 1.29 is 13.9 Å². The monoisotopic (exact) mass is 540 g/mol.